The van der Waals surface area contributed by atoms with Gasteiger partial charge in [0.05, 0.1) is 19.1 Å². The summed E-state index contributed by atoms with van der Waals surface area (Å²) in [7, 11) is 0. The Balaban J connectivity index is 1.46. The van der Waals surface area contributed by atoms with Crippen LogP contribution in [0, 0.1) is 5.92 Å². The molecule has 2 aliphatic heterocycles. The summed E-state index contributed by atoms with van der Waals surface area (Å²) in [4.78, 5) is 31.3. The molecule has 1 aromatic carbocycles. The van der Waals surface area contributed by atoms with Crippen molar-refractivity contribution in [3.05, 3.63) is 24.3 Å². The first-order valence-electron chi connectivity index (χ1n) is 10.8. The summed E-state index contributed by atoms with van der Waals surface area (Å²) in [5, 5.41) is 2.98. The second kappa shape index (κ2) is 10.6. The van der Waals surface area contributed by atoms with Crippen molar-refractivity contribution in [2.24, 2.45) is 5.92 Å². The molecular weight excluding hydrogens is 368 g/mol. The van der Waals surface area contributed by atoms with Crippen molar-refractivity contribution in [1.82, 2.24) is 9.80 Å². The number of amides is 1. The molecule has 160 valence electrons. The van der Waals surface area contributed by atoms with E-state index < -0.39 is 0 Å². The van der Waals surface area contributed by atoms with Gasteiger partial charge in [-0.25, -0.2) is 0 Å². The van der Waals surface area contributed by atoms with Gasteiger partial charge in [-0.15, -0.1) is 0 Å². The topological polar surface area (TPSA) is 65.1 Å². The number of rotatable bonds is 7. The Hall–Kier alpha value is -2.12. The molecule has 0 radical (unpaired) electrons. The van der Waals surface area contributed by atoms with E-state index in [1.54, 1.807) is 0 Å². The number of ether oxygens (including phenoxy) is 1. The van der Waals surface area contributed by atoms with E-state index in [0.29, 0.717) is 19.7 Å². The van der Waals surface area contributed by atoms with Crippen LogP contribution in [-0.2, 0) is 14.3 Å². The summed E-state index contributed by atoms with van der Waals surface area (Å²) in [6.07, 6.45) is 1.75. The number of piperazine rings is 1. The van der Waals surface area contributed by atoms with Crippen LogP contribution in [0.4, 0.5) is 11.4 Å². The number of nitrogens with one attached hydrogen (secondary N) is 1. The number of nitrogens with zero attached hydrogens (tertiary/aromatic N) is 3. The first-order valence-corrected chi connectivity index (χ1v) is 10.8. The predicted molar refractivity (Wildman–Crippen MR) is 115 cm³/mol. The molecule has 0 spiro atoms. The highest BCUT2D eigenvalue weighted by Crippen LogP contribution is 2.20. The van der Waals surface area contributed by atoms with Crippen LogP contribution in [0.1, 0.15) is 26.7 Å². The molecule has 2 fully saturated rings. The summed E-state index contributed by atoms with van der Waals surface area (Å²) in [5.41, 5.74) is 2.01. The lowest BCUT2D eigenvalue weighted by Gasteiger charge is -2.35. The van der Waals surface area contributed by atoms with E-state index in [0.717, 1.165) is 57.8 Å². The van der Waals surface area contributed by atoms with Crippen molar-refractivity contribution in [3.8, 4) is 0 Å². The second-order valence-electron chi connectivity index (χ2n) is 7.84. The van der Waals surface area contributed by atoms with E-state index in [1.165, 1.54) is 5.69 Å². The quantitative estimate of drug-likeness (QED) is 0.704. The molecule has 1 aromatic rings. The lowest BCUT2D eigenvalue weighted by atomic mass is 9.98. The molecule has 0 aliphatic carbocycles. The normalized spacial score (nSPS) is 21.0. The third-order valence-electron chi connectivity index (χ3n) is 5.83. The van der Waals surface area contributed by atoms with Crippen LogP contribution >= 0.6 is 0 Å². The smallest absolute Gasteiger partial charge is 0.310 e. The Morgan fingerprint density at radius 1 is 1.03 bits per heavy atom. The monoisotopic (exact) mass is 402 g/mol. The minimum absolute atomic E-state index is 0.0428. The number of anilines is 2. The van der Waals surface area contributed by atoms with Gasteiger partial charge in [-0.05, 0) is 57.1 Å². The van der Waals surface area contributed by atoms with Gasteiger partial charge in [-0.3, -0.25) is 14.5 Å². The molecule has 3 rings (SSSR count). The van der Waals surface area contributed by atoms with Gasteiger partial charge in [0.15, 0.2) is 0 Å². The number of hydrogen-bond acceptors (Lipinski definition) is 6. The van der Waals surface area contributed by atoms with Crippen molar-refractivity contribution in [3.63, 3.8) is 0 Å². The molecule has 2 aliphatic rings. The van der Waals surface area contributed by atoms with Crippen LogP contribution in [0.15, 0.2) is 24.3 Å². The molecule has 29 heavy (non-hydrogen) atoms. The Labute approximate surface area is 174 Å². The van der Waals surface area contributed by atoms with E-state index >= 15 is 0 Å². The van der Waals surface area contributed by atoms with Gasteiger partial charge >= 0.3 is 5.97 Å². The SMILES string of the molecule is CCOC(=O)[C@H]1CCCN(CC(=O)Nc2ccc(N3CCN(CC)CC3)cc2)C1. The standard InChI is InChI=1S/C22H34N4O3/c1-3-24-12-14-26(15-13-24)20-9-7-19(8-10-20)23-21(27)17-25-11-5-6-18(16-25)22(28)29-4-2/h7-10,18H,3-6,11-17H2,1-2H3,(H,23,27)/t18-/m0/s1. The average Bonchev–Trinajstić information content (AvgIpc) is 2.75. The highest BCUT2D eigenvalue weighted by atomic mass is 16.5. The molecule has 7 nitrogen and oxygen atoms in total. The molecule has 2 saturated heterocycles. The Morgan fingerprint density at radius 2 is 1.76 bits per heavy atom. The minimum atomic E-state index is -0.145. The largest absolute Gasteiger partial charge is 0.466 e. The fraction of sp³-hybridized carbons (Fsp3) is 0.636. The number of hydrogen-bond donors (Lipinski definition) is 1. The molecule has 0 unspecified atom stereocenters. The third-order valence-corrected chi connectivity index (χ3v) is 5.83. The number of carbonyl (C=O) groups excluding carboxylic acids is 2. The van der Waals surface area contributed by atoms with Gasteiger partial charge in [0.2, 0.25) is 5.91 Å². The highest BCUT2D eigenvalue weighted by Gasteiger charge is 2.27. The summed E-state index contributed by atoms with van der Waals surface area (Å²) >= 11 is 0. The maximum atomic E-state index is 12.5. The van der Waals surface area contributed by atoms with Gasteiger partial charge in [0.1, 0.15) is 0 Å². The number of likely N-dealkylation sites (N-methyl/N-ethyl adjacent to an activating group) is 1. The van der Waals surface area contributed by atoms with Crippen LogP contribution in [0.3, 0.4) is 0 Å². The van der Waals surface area contributed by atoms with Crippen LogP contribution in [0.25, 0.3) is 0 Å². The van der Waals surface area contributed by atoms with Crippen LogP contribution in [0.2, 0.25) is 0 Å². The molecule has 1 N–H and O–H groups in total. The molecular formula is C22H34N4O3. The molecule has 0 aromatic heterocycles. The average molecular weight is 403 g/mol. The summed E-state index contributed by atoms with van der Waals surface area (Å²) in [6.45, 7) is 11.5. The first-order chi connectivity index (χ1) is 14.1. The number of carbonyl (C=O) groups is 2. The Bertz CT molecular complexity index is 671. The summed E-state index contributed by atoms with van der Waals surface area (Å²) in [6, 6.07) is 8.10. The van der Waals surface area contributed by atoms with Crippen LogP contribution in [-0.4, -0.2) is 80.6 Å². The van der Waals surface area contributed by atoms with Crippen molar-refractivity contribution in [1.29, 1.82) is 0 Å². The second-order valence-corrected chi connectivity index (χ2v) is 7.84. The van der Waals surface area contributed by atoms with E-state index in [1.807, 2.05) is 24.0 Å². The predicted octanol–water partition coefficient (Wildman–Crippen LogP) is 2.04. The number of benzene rings is 1. The summed E-state index contributed by atoms with van der Waals surface area (Å²) < 4.78 is 5.13. The molecule has 0 saturated carbocycles. The zero-order valence-electron chi connectivity index (χ0n) is 17.7. The fourth-order valence-electron chi connectivity index (χ4n) is 4.13. The van der Waals surface area contributed by atoms with Crippen LogP contribution in [0.5, 0.6) is 0 Å². The first kappa shape index (κ1) is 21.6. The van der Waals surface area contributed by atoms with Gasteiger partial charge in [-0.1, -0.05) is 6.92 Å². The highest BCUT2D eigenvalue weighted by molar-refractivity contribution is 5.92. The van der Waals surface area contributed by atoms with E-state index in [2.05, 4.69) is 34.2 Å². The molecule has 0 bridgehead atoms. The molecule has 1 amide bonds. The zero-order valence-corrected chi connectivity index (χ0v) is 17.7. The van der Waals surface area contributed by atoms with Gasteiger partial charge < -0.3 is 19.9 Å². The van der Waals surface area contributed by atoms with E-state index in [4.69, 9.17) is 4.74 Å². The van der Waals surface area contributed by atoms with Gasteiger partial charge in [0.25, 0.3) is 0 Å². The molecule has 1 atom stereocenters. The third kappa shape index (κ3) is 6.18. The fourth-order valence-corrected chi connectivity index (χ4v) is 4.13. The lowest BCUT2D eigenvalue weighted by Crippen LogP contribution is -2.46. The van der Waals surface area contributed by atoms with Gasteiger partial charge in [-0.2, -0.15) is 0 Å². The van der Waals surface area contributed by atoms with Crippen molar-refractivity contribution in [2.75, 3.05) is 69.2 Å². The summed E-state index contributed by atoms with van der Waals surface area (Å²) in [5.74, 6) is -0.309. The Morgan fingerprint density at radius 3 is 2.41 bits per heavy atom. The van der Waals surface area contributed by atoms with Crippen molar-refractivity contribution in [2.45, 2.75) is 26.7 Å². The van der Waals surface area contributed by atoms with Crippen LogP contribution < -0.4 is 10.2 Å². The number of esters is 1. The molecule has 2 heterocycles. The van der Waals surface area contributed by atoms with E-state index in [9.17, 15) is 9.59 Å². The van der Waals surface area contributed by atoms with E-state index in [-0.39, 0.29) is 17.8 Å². The lowest BCUT2D eigenvalue weighted by molar-refractivity contribution is -0.150. The number of piperidine rings is 1. The van der Waals surface area contributed by atoms with Gasteiger partial charge in [0, 0.05) is 44.1 Å². The van der Waals surface area contributed by atoms with Crippen molar-refractivity contribution < 1.29 is 14.3 Å². The minimum Gasteiger partial charge on any atom is -0.466 e. The maximum Gasteiger partial charge on any atom is 0.310 e. The number of likely N-dealkylation sites (tertiary alicyclic amines) is 1. The zero-order chi connectivity index (χ0) is 20.6. The maximum absolute atomic E-state index is 12.5. The molecule has 7 heteroatoms. The Kier molecular flexibility index (Phi) is 7.89. The van der Waals surface area contributed by atoms with Crippen molar-refractivity contribution >= 4 is 23.3 Å².